The lowest BCUT2D eigenvalue weighted by molar-refractivity contribution is -0.287. The highest BCUT2D eigenvalue weighted by Gasteiger charge is 2.57. The van der Waals surface area contributed by atoms with Crippen molar-refractivity contribution < 1.29 is 22.0 Å². The molecule has 0 aromatic carbocycles. The molecule has 0 aliphatic carbocycles. The van der Waals surface area contributed by atoms with E-state index in [1.165, 1.54) is 24.0 Å². The van der Waals surface area contributed by atoms with Gasteiger partial charge in [-0.05, 0) is 17.9 Å². The summed E-state index contributed by atoms with van der Waals surface area (Å²) in [7, 11) is 0. The Hall–Kier alpha value is -2.14. The summed E-state index contributed by atoms with van der Waals surface area (Å²) in [4.78, 5) is 4.81. The van der Waals surface area contributed by atoms with Crippen molar-refractivity contribution in [2.24, 2.45) is 0 Å². The van der Waals surface area contributed by atoms with E-state index in [2.05, 4.69) is 10.1 Å². The first-order valence-corrected chi connectivity index (χ1v) is 8.87. The Bertz CT molecular complexity index is 906. The molecule has 3 rings (SSSR count). The fourth-order valence-electron chi connectivity index (χ4n) is 2.58. The first-order chi connectivity index (χ1) is 12.6. The number of hydrogen-bond acceptors (Lipinski definition) is 5. The lowest BCUT2D eigenvalue weighted by Gasteiger charge is -2.35. The van der Waals surface area contributed by atoms with Gasteiger partial charge in [0, 0.05) is 16.8 Å². The maximum absolute atomic E-state index is 13.3. The van der Waals surface area contributed by atoms with Gasteiger partial charge in [-0.25, -0.2) is 0 Å². The van der Waals surface area contributed by atoms with Gasteiger partial charge in [0.15, 0.2) is 0 Å². The third-order valence-electron chi connectivity index (χ3n) is 3.86. The van der Waals surface area contributed by atoms with Crippen LogP contribution >= 0.6 is 11.8 Å². The van der Waals surface area contributed by atoms with Gasteiger partial charge in [-0.15, -0.1) is 11.8 Å². The fourth-order valence-corrected chi connectivity index (χ4v) is 3.43. The van der Waals surface area contributed by atoms with Gasteiger partial charge in [0.05, 0.1) is 29.3 Å². The Labute approximate surface area is 155 Å². The zero-order valence-corrected chi connectivity index (χ0v) is 14.8. The quantitative estimate of drug-likeness (QED) is 0.690. The molecule has 0 N–H and O–H groups in total. The number of hydrogen-bond donors (Lipinski definition) is 0. The van der Waals surface area contributed by atoms with E-state index in [4.69, 9.17) is 0 Å². The minimum absolute atomic E-state index is 0.0248. The van der Waals surface area contributed by atoms with E-state index in [1.54, 1.807) is 12.2 Å². The van der Waals surface area contributed by atoms with Gasteiger partial charge in [-0.3, -0.25) is 9.67 Å². The van der Waals surface area contributed by atoms with Gasteiger partial charge in [0.25, 0.3) is 0 Å². The number of hydroxylamine groups is 2. The normalized spacial score (nSPS) is 15.9. The third-order valence-corrected chi connectivity index (χ3v) is 4.79. The molecule has 0 saturated carbocycles. The van der Waals surface area contributed by atoms with Gasteiger partial charge >= 0.3 is 12.1 Å². The molecule has 0 amide bonds. The molecular weight excluding hydrogens is 391 g/mol. The van der Waals surface area contributed by atoms with Crippen molar-refractivity contribution in [1.82, 2.24) is 19.8 Å². The zero-order chi connectivity index (χ0) is 19.8. The van der Waals surface area contributed by atoms with Crippen LogP contribution in [0.25, 0.3) is 16.6 Å². The van der Waals surface area contributed by atoms with Gasteiger partial charge < -0.3 is 10.3 Å². The molecule has 2 aromatic rings. The first kappa shape index (κ1) is 19.6. The molecule has 0 radical (unpaired) electrons. The van der Waals surface area contributed by atoms with Crippen molar-refractivity contribution in [2.75, 3.05) is 12.3 Å². The second kappa shape index (κ2) is 7.12. The monoisotopic (exact) mass is 405 g/mol. The summed E-state index contributed by atoms with van der Waals surface area (Å²) in [6, 6.07) is 1.46. The van der Waals surface area contributed by atoms with E-state index >= 15 is 0 Å². The van der Waals surface area contributed by atoms with Crippen molar-refractivity contribution in [2.45, 2.75) is 25.6 Å². The number of halogens is 5. The summed E-state index contributed by atoms with van der Waals surface area (Å²) in [6.45, 7) is 0.422. The van der Waals surface area contributed by atoms with Crippen molar-refractivity contribution in [3.63, 3.8) is 0 Å². The van der Waals surface area contributed by atoms with Crippen LogP contribution in [-0.4, -0.2) is 44.2 Å². The van der Waals surface area contributed by atoms with Crippen molar-refractivity contribution in [3.8, 4) is 0 Å². The molecule has 5 nitrogen and oxygen atoms in total. The van der Waals surface area contributed by atoms with Gasteiger partial charge in [-0.1, -0.05) is 13.0 Å². The summed E-state index contributed by atoms with van der Waals surface area (Å²) < 4.78 is 64.5. The number of pyridine rings is 1. The molecule has 0 unspecified atom stereocenters. The van der Waals surface area contributed by atoms with Crippen LogP contribution in [0.1, 0.15) is 12.6 Å². The number of allylic oxidation sites excluding steroid dienone is 1. The number of rotatable bonds is 5. The Morgan fingerprint density at radius 3 is 2.63 bits per heavy atom. The molecule has 2 aromatic heterocycles. The second-order valence-corrected chi connectivity index (χ2v) is 7.05. The predicted octanol–water partition coefficient (Wildman–Crippen LogP) is 4.42. The van der Waals surface area contributed by atoms with Crippen LogP contribution in [0.4, 0.5) is 22.0 Å². The molecule has 27 heavy (non-hydrogen) atoms. The Kier molecular flexibility index (Phi) is 5.17. The molecule has 0 saturated heterocycles. The molecule has 3 heterocycles. The van der Waals surface area contributed by atoms with Crippen molar-refractivity contribution >= 4 is 28.4 Å². The molecule has 0 fully saturated rings. The second-order valence-electron chi connectivity index (χ2n) is 5.74. The minimum atomic E-state index is -5.67. The number of fused-ring (bicyclic) bond motifs is 1. The number of nitrogens with zero attached hydrogens (tertiary/aromatic N) is 4. The summed E-state index contributed by atoms with van der Waals surface area (Å²) in [5.41, 5.74) is 0.663. The SMILES string of the molecule is CCSC1=C(c2cc3cnn(CC(F)(F)C(F)(F)F)c3cn2)N([O-])CC=C1. The lowest BCUT2D eigenvalue weighted by Crippen LogP contribution is -2.40. The number of thioether (sulfide) groups is 1. The zero-order valence-electron chi connectivity index (χ0n) is 14.0. The van der Waals surface area contributed by atoms with Gasteiger partial charge in [-0.2, -0.15) is 27.1 Å². The van der Waals surface area contributed by atoms with Crippen LogP contribution < -0.4 is 0 Å². The van der Waals surface area contributed by atoms with E-state index < -0.39 is 18.6 Å². The van der Waals surface area contributed by atoms with Crippen LogP contribution in [0.3, 0.4) is 0 Å². The highest BCUT2D eigenvalue weighted by molar-refractivity contribution is 8.03. The minimum Gasteiger partial charge on any atom is -0.758 e. The summed E-state index contributed by atoms with van der Waals surface area (Å²) in [5.74, 6) is -4.19. The Morgan fingerprint density at radius 2 is 1.96 bits per heavy atom. The Morgan fingerprint density at radius 1 is 1.22 bits per heavy atom. The van der Waals surface area contributed by atoms with Crippen LogP contribution in [0.5, 0.6) is 0 Å². The number of alkyl halides is 5. The molecular formula is C16H14F5N4OS-. The lowest BCUT2D eigenvalue weighted by atomic mass is 10.2. The summed E-state index contributed by atoms with van der Waals surface area (Å²) in [6.07, 6.45) is 0.167. The maximum atomic E-state index is 13.3. The summed E-state index contributed by atoms with van der Waals surface area (Å²) >= 11 is 1.45. The molecule has 0 bridgehead atoms. The molecule has 0 atom stereocenters. The first-order valence-electron chi connectivity index (χ1n) is 7.89. The summed E-state index contributed by atoms with van der Waals surface area (Å²) in [5, 5.41) is 16.9. The largest absolute Gasteiger partial charge is 0.758 e. The van der Waals surface area contributed by atoms with Crippen LogP contribution in [0.2, 0.25) is 0 Å². The highest BCUT2D eigenvalue weighted by Crippen LogP contribution is 2.37. The van der Waals surface area contributed by atoms with Gasteiger partial charge in [0.1, 0.15) is 6.54 Å². The van der Waals surface area contributed by atoms with E-state index in [0.717, 1.165) is 17.0 Å². The van der Waals surface area contributed by atoms with Gasteiger partial charge in [0.2, 0.25) is 0 Å². The van der Waals surface area contributed by atoms with Crippen LogP contribution in [0.15, 0.2) is 35.5 Å². The van der Waals surface area contributed by atoms with Crippen LogP contribution in [-0.2, 0) is 6.54 Å². The average molecular weight is 405 g/mol. The fraction of sp³-hybridized carbons (Fsp3) is 0.375. The smallest absolute Gasteiger partial charge is 0.455 e. The van der Waals surface area contributed by atoms with E-state index in [9.17, 15) is 27.2 Å². The molecule has 0 spiro atoms. The van der Waals surface area contributed by atoms with E-state index in [0.29, 0.717) is 26.4 Å². The topological polar surface area (TPSA) is 57.0 Å². The van der Waals surface area contributed by atoms with Crippen molar-refractivity contribution in [3.05, 3.63) is 46.4 Å². The molecule has 146 valence electrons. The van der Waals surface area contributed by atoms with E-state index in [1.807, 2.05) is 6.92 Å². The average Bonchev–Trinajstić information content (AvgIpc) is 2.96. The maximum Gasteiger partial charge on any atom is 0.455 e. The molecule has 11 heteroatoms. The number of aromatic nitrogens is 3. The molecule has 1 aliphatic heterocycles. The standard InChI is InChI=1S/C16H14F5N4OS/c1-2-27-13-4-3-5-25(26)14(13)11-6-10-7-23-24(12(10)8-22-11)9-15(17,18)16(19,20)21/h3-4,6-8H,2,5,9H2,1H3/q-1. The van der Waals surface area contributed by atoms with Crippen molar-refractivity contribution in [1.29, 1.82) is 0 Å². The van der Waals surface area contributed by atoms with E-state index in [-0.39, 0.29) is 12.1 Å². The van der Waals surface area contributed by atoms with Crippen LogP contribution in [0, 0.1) is 5.21 Å². The molecule has 1 aliphatic rings. The highest BCUT2D eigenvalue weighted by atomic mass is 32.2. The third kappa shape index (κ3) is 3.79. The Balaban J connectivity index is 2.00. The predicted molar refractivity (Wildman–Crippen MR) is 92.8 cm³/mol.